The number of allylic oxidation sites excluding steroid dienone is 1. The maximum atomic E-state index is 14.0. The molecular weight excluding hydrogens is 490 g/mol. The van der Waals surface area contributed by atoms with E-state index in [4.69, 9.17) is 14.2 Å². The minimum atomic E-state index is -1.27. The first-order valence-electron chi connectivity index (χ1n) is 12.8. The number of ether oxygens (including phenoxy) is 3. The third-order valence-corrected chi connectivity index (χ3v) is 8.46. The largest absolute Gasteiger partial charge is 0.504 e. The number of carbonyl (C=O) groups is 4. The fourth-order valence-corrected chi connectivity index (χ4v) is 6.78. The lowest BCUT2D eigenvalue weighted by Crippen LogP contribution is -2.57. The van der Waals surface area contributed by atoms with Gasteiger partial charge in [-0.05, 0) is 18.9 Å². The summed E-state index contributed by atoms with van der Waals surface area (Å²) in [5.74, 6) is -2.99. The van der Waals surface area contributed by atoms with Crippen molar-refractivity contribution in [2.75, 3.05) is 26.8 Å². The van der Waals surface area contributed by atoms with Gasteiger partial charge in [-0.25, -0.2) is 4.79 Å². The number of hydrogen-bond donors (Lipinski definition) is 1. The molecule has 4 rings (SSSR count). The second-order valence-electron chi connectivity index (χ2n) is 10.7. The zero-order chi connectivity index (χ0) is 28.0. The van der Waals surface area contributed by atoms with E-state index in [0.29, 0.717) is 25.1 Å². The number of methoxy groups -OCH3 is 1. The summed E-state index contributed by atoms with van der Waals surface area (Å²) in [6.07, 6.45) is 3.89. The molecule has 204 valence electrons. The highest BCUT2D eigenvalue weighted by Crippen LogP contribution is 2.62. The van der Waals surface area contributed by atoms with Gasteiger partial charge in [-0.1, -0.05) is 19.1 Å². The zero-order valence-electron chi connectivity index (χ0n) is 22.4. The highest BCUT2D eigenvalue weighted by molar-refractivity contribution is 6.14. The van der Waals surface area contributed by atoms with E-state index in [9.17, 15) is 24.3 Å². The molecule has 9 nitrogen and oxygen atoms in total. The molecule has 2 fully saturated rings. The van der Waals surface area contributed by atoms with Crippen molar-refractivity contribution in [3.05, 3.63) is 59.6 Å². The van der Waals surface area contributed by atoms with Gasteiger partial charge in [-0.2, -0.15) is 0 Å². The molecule has 4 aliphatic rings. The van der Waals surface area contributed by atoms with Crippen LogP contribution >= 0.6 is 0 Å². The summed E-state index contributed by atoms with van der Waals surface area (Å²) in [7, 11) is 1.46. The average molecular weight is 526 g/mol. The molecule has 38 heavy (non-hydrogen) atoms. The van der Waals surface area contributed by atoms with E-state index < -0.39 is 52.4 Å². The smallest absolute Gasteiger partial charge is 0.340 e. The van der Waals surface area contributed by atoms with Gasteiger partial charge in [0.15, 0.2) is 5.76 Å². The molecule has 0 radical (unpaired) electrons. The maximum Gasteiger partial charge on any atom is 0.340 e. The Kier molecular flexibility index (Phi) is 7.27. The standard InChI is InChI=1S/C29H35NO8/c1-7-11-30(12-8-2)14-17-23-26(34)25(33)22-18-9-10-20(32)28(18,4)13-19(37-16(3)31)24(22)29(23,5)21(15-36-6)38-27(17)35/h7-8,14,18-19,21,34H,1-2,9-13,15H2,3-6H3/b17-14+/t18-,19-,21+,28+,29+/m1/s1. The Balaban J connectivity index is 2.02. The Morgan fingerprint density at radius 2 is 1.87 bits per heavy atom. The van der Waals surface area contributed by atoms with E-state index in [-0.39, 0.29) is 42.0 Å². The Morgan fingerprint density at radius 1 is 1.21 bits per heavy atom. The molecule has 0 aromatic carbocycles. The molecule has 0 aromatic rings. The first-order chi connectivity index (χ1) is 17.9. The van der Waals surface area contributed by atoms with Gasteiger partial charge in [0.2, 0.25) is 5.78 Å². The van der Waals surface area contributed by atoms with E-state index in [2.05, 4.69) is 13.2 Å². The van der Waals surface area contributed by atoms with Crippen LogP contribution in [0.3, 0.4) is 0 Å². The number of rotatable bonds is 8. The SMILES string of the molecule is C=CCN(/C=C1/C(=O)O[C@@H](COC)[C@@]2(C)C1=C(O)C(=O)C1=C2[C@H](OC(C)=O)C[C@]2(C)C(=O)CC[C@H]12)CC=C. The minimum Gasteiger partial charge on any atom is -0.504 e. The molecule has 0 aromatic heterocycles. The molecule has 1 saturated heterocycles. The molecule has 1 heterocycles. The van der Waals surface area contributed by atoms with Gasteiger partial charge in [0.25, 0.3) is 0 Å². The highest BCUT2D eigenvalue weighted by Gasteiger charge is 2.64. The van der Waals surface area contributed by atoms with Gasteiger partial charge in [0.05, 0.1) is 17.6 Å². The first kappa shape index (κ1) is 27.6. The van der Waals surface area contributed by atoms with Gasteiger partial charge in [-0.15, -0.1) is 13.2 Å². The van der Waals surface area contributed by atoms with Crippen molar-refractivity contribution in [2.24, 2.45) is 16.7 Å². The van der Waals surface area contributed by atoms with Crippen molar-refractivity contribution in [1.82, 2.24) is 4.90 Å². The van der Waals surface area contributed by atoms with Crippen LogP contribution in [-0.2, 0) is 33.4 Å². The number of aliphatic hydroxyl groups excluding tert-OH is 1. The number of hydrogen-bond acceptors (Lipinski definition) is 9. The number of cyclic esters (lactones) is 1. The minimum absolute atomic E-state index is 0.00740. The van der Waals surface area contributed by atoms with Crippen LogP contribution in [0.4, 0.5) is 0 Å². The monoisotopic (exact) mass is 525 g/mol. The van der Waals surface area contributed by atoms with Gasteiger partial charge >= 0.3 is 11.9 Å². The Hall–Kier alpha value is -3.46. The van der Waals surface area contributed by atoms with E-state index in [1.54, 1.807) is 30.9 Å². The van der Waals surface area contributed by atoms with Crippen molar-refractivity contribution >= 4 is 23.5 Å². The van der Waals surface area contributed by atoms with Gasteiger partial charge in [-0.3, -0.25) is 14.4 Å². The van der Waals surface area contributed by atoms with Crippen molar-refractivity contribution in [3.8, 4) is 0 Å². The molecule has 5 atom stereocenters. The fourth-order valence-electron chi connectivity index (χ4n) is 6.78. The number of nitrogens with zero attached hydrogens (tertiary/aromatic N) is 1. The zero-order valence-corrected chi connectivity index (χ0v) is 22.4. The number of fused-ring (bicyclic) bond motifs is 4. The van der Waals surface area contributed by atoms with Crippen LogP contribution in [0.2, 0.25) is 0 Å². The number of carbonyl (C=O) groups excluding carboxylic acids is 4. The second kappa shape index (κ2) is 10.0. The van der Waals surface area contributed by atoms with Crippen molar-refractivity contribution < 1.29 is 38.5 Å². The van der Waals surface area contributed by atoms with Crippen LogP contribution < -0.4 is 0 Å². The van der Waals surface area contributed by atoms with Crippen LogP contribution in [0.5, 0.6) is 0 Å². The summed E-state index contributed by atoms with van der Waals surface area (Å²) < 4.78 is 17.1. The van der Waals surface area contributed by atoms with Crippen LogP contribution in [-0.4, -0.2) is 72.5 Å². The van der Waals surface area contributed by atoms with Crippen molar-refractivity contribution in [3.63, 3.8) is 0 Å². The molecule has 0 amide bonds. The van der Waals surface area contributed by atoms with Crippen molar-refractivity contribution in [2.45, 2.75) is 52.2 Å². The lowest BCUT2D eigenvalue weighted by atomic mass is 9.53. The molecule has 1 N–H and O–H groups in total. The highest BCUT2D eigenvalue weighted by atomic mass is 16.6. The van der Waals surface area contributed by atoms with Crippen LogP contribution in [0, 0.1) is 16.7 Å². The first-order valence-corrected chi connectivity index (χ1v) is 12.8. The van der Waals surface area contributed by atoms with E-state index >= 15 is 0 Å². The second-order valence-corrected chi connectivity index (χ2v) is 10.7. The Labute approximate surface area is 222 Å². The summed E-state index contributed by atoms with van der Waals surface area (Å²) in [5, 5.41) is 11.5. The van der Waals surface area contributed by atoms with Crippen LogP contribution in [0.1, 0.15) is 40.0 Å². The maximum absolute atomic E-state index is 14.0. The molecule has 0 spiro atoms. The van der Waals surface area contributed by atoms with Gasteiger partial charge in [0.1, 0.15) is 18.0 Å². The molecule has 1 aliphatic heterocycles. The lowest BCUT2D eigenvalue weighted by Gasteiger charge is -2.53. The lowest BCUT2D eigenvalue weighted by molar-refractivity contribution is -0.160. The van der Waals surface area contributed by atoms with E-state index in [0.717, 1.165) is 0 Å². The third kappa shape index (κ3) is 4.04. The average Bonchev–Trinajstić information content (AvgIpc) is 3.13. The van der Waals surface area contributed by atoms with E-state index in [1.807, 2.05) is 0 Å². The number of aliphatic hydroxyl groups is 1. The molecule has 0 unspecified atom stereocenters. The summed E-state index contributed by atoms with van der Waals surface area (Å²) in [6.45, 7) is 13.0. The molecule has 0 bridgehead atoms. The number of Topliss-reactive ketones (excluding diaryl/α,β-unsaturated/α-hetero) is 2. The molecular formula is C29H35NO8. The van der Waals surface area contributed by atoms with Crippen molar-refractivity contribution in [1.29, 1.82) is 0 Å². The summed E-state index contributed by atoms with van der Waals surface area (Å²) in [5.41, 5.74) is -1.35. The Bertz CT molecular complexity index is 1200. The van der Waals surface area contributed by atoms with Gasteiger partial charge < -0.3 is 24.2 Å². The number of esters is 2. The summed E-state index contributed by atoms with van der Waals surface area (Å²) in [6, 6.07) is 0. The van der Waals surface area contributed by atoms with Crippen LogP contribution in [0.15, 0.2) is 59.6 Å². The number of ketones is 2. The normalized spacial score (nSPS) is 33.4. The van der Waals surface area contributed by atoms with E-state index in [1.165, 1.54) is 20.2 Å². The molecule has 3 aliphatic carbocycles. The predicted molar refractivity (Wildman–Crippen MR) is 138 cm³/mol. The summed E-state index contributed by atoms with van der Waals surface area (Å²) in [4.78, 5) is 54.3. The molecule has 1 saturated carbocycles. The quantitative estimate of drug-likeness (QED) is 0.290. The Morgan fingerprint density at radius 3 is 2.45 bits per heavy atom. The fraction of sp³-hybridized carbons (Fsp3) is 0.517. The van der Waals surface area contributed by atoms with Gasteiger partial charge in [0, 0.05) is 68.6 Å². The molecule has 9 heteroatoms. The topological polar surface area (TPSA) is 119 Å². The third-order valence-electron chi connectivity index (χ3n) is 8.46. The van der Waals surface area contributed by atoms with Crippen LogP contribution in [0.25, 0.3) is 0 Å². The predicted octanol–water partition coefficient (Wildman–Crippen LogP) is 3.13. The summed E-state index contributed by atoms with van der Waals surface area (Å²) >= 11 is 0.